The van der Waals surface area contributed by atoms with E-state index >= 15 is 0 Å². The van der Waals surface area contributed by atoms with Gasteiger partial charge in [-0.15, -0.1) is 0 Å². The molecule has 1 aromatic heterocycles. The fraction of sp³-hybridized carbons (Fsp3) is 0.333. The monoisotopic (exact) mass is 260 g/mol. The molecule has 0 aliphatic heterocycles. The third-order valence-corrected chi connectivity index (χ3v) is 3.12. The summed E-state index contributed by atoms with van der Waals surface area (Å²) >= 11 is 0. The molecule has 4 heteroatoms. The van der Waals surface area contributed by atoms with Gasteiger partial charge in [-0.1, -0.05) is 31.9 Å². The summed E-state index contributed by atoms with van der Waals surface area (Å²) in [6.07, 6.45) is 3.22. The maximum absolute atomic E-state index is 12.3. The van der Waals surface area contributed by atoms with Crippen LogP contribution in [-0.4, -0.2) is 11.1 Å². The maximum Gasteiger partial charge on any atom is 0.372 e. The molecule has 4 nitrogen and oxygen atoms in total. The van der Waals surface area contributed by atoms with Crippen molar-refractivity contribution >= 4 is 16.9 Å². The number of hydrogen-bond acceptors (Lipinski definition) is 3. The third-order valence-electron chi connectivity index (χ3n) is 3.12. The summed E-state index contributed by atoms with van der Waals surface area (Å²) in [6.45, 7) is 2.06. The van der Waals surface area contributed by atoms with Crippen LogP contribution in [0, 0.1) is 0 Å². The Morgan fingerprint density at radius 2 is 2.00 bits per heavy atom. The fourth-order valence-electron chi connectivity index (χ4n) is 2.13. The first-order valence-corrected chi connectivity index (χ1v) is 6.43. The molecule has 0 aliphatic carbocycles. The van der Waals surface area contributed by atoms with E-state index in [2.05, 4.69) is 6.92 Å². The zero-order chi connectivity index (χ0) is 13.8. The van der Waals surface area contributed by atoms with E-state index in [0.717, 1.165) is 19.3 Å². The van der Waals surface area contributed by atoms with Crippen LogP contribution >= 0.6 is 0 Å². The second-order valence-corrected chi connectivity index (χ2v) is 4.50. The average molecular weight is 260 g/mol. The number of unbranched alkanes of at least 4 members (excludes halogenated alkanes) is 2. The van der Waals surface area contributed by atoms with Gasteiger partial charge in [-0.3, -0.25) is 4.79 Å². The van der Waals surface area contributed by atoms with Gasteiger partial charge < -0.3 is 9.52 Å². The van der Waals surface area contributed by atoms with Gasteiger partial charge in [0.2, 0.25) is 5.76 Å². The van der Waals surface area contributed by atoms with Crippen molar-refractivity contribution in [3.63, 3.8) is 0 Å². The van der Waals surface area contributed by atoms with Crippen LogP contribution in [0.15, 0.2) is 33.5 Å². The summed E-state index contributed by atoms with van der Waals surface area (Å²) in [5.74, 6) is -1.41. The molecule has 0 bridgehead atoms. The summed E-state index contributed by atoms with van der Waals surface area (Å²) in [4.78, 5) is 23.5. The van der Waals surface area contributed by atoms with Crippen LogP contribution < -0.4 is 5.43 Å². The minimum Gasteiger partial charge on any atom is -0.475 e. The van der Waals surface area contributed by atoms with Crippen molar-refractivity contribution in [2.75, 3.05) is 0 Å². The summed E-state index contributed by atoms with van der Waals surface area (Å²) < 4.78 is 5.37. The minimum atomic E-state index is -1.19. The molecule has 0 spiro atoms. The number of aromatic carboxylic acids is 1. The Morgan fingerprint density at radius 3 is 2.68 bits per heavy atom. The van der Waals surface area contributed by atoms with E-state index in [4.69, 9.17) is 4.42 Å². The lowest BCUT2D eigenvalue weighted by atomic mass is 10.0. The molecular formula is C15H16O4. The second kappa shape index (κ2) is 5.69. The lowest BCUT2D eigenvalue weighted by molar-refractivity contribution is 0.0661. The topological polar surface area (TPSA) is 67.5 Å². The van der Waals surface area contributed by atoms with Gasteiger partial charge >= 0.3 is 5.97 Å². The van der Waals surface area contributed by atoms with Gasteiger partial charge in [0.05, 0.1) is 10.9 Å². The Hall–Kier alpha value is -2.10. The van der Waals surface area contributed by atoms with E-state index in [1.165, 1.54) is 0 Å². The van der Waals surface area contributed by atoms with Gasteiger partial charge in [0.1, 0.15) is 5.58 Å². The normalized spacial score (nSPS) is 10.8. The van der Waals surface area contributed by atoms with Crippen molar-refractivity contribution in [2.24, 2.45) is 0 Å². The fourth-order valence-corrected chi connectivity index (χ4v) is 2.13. The van der Waals surface area contributed by atoms with Crippen LogP contribution in [0.25, 0.3) is 11.0 Å². The molecule has 0 fully saturated rings. The summed E-state index contributed by atoms with van der Waals surface area (Å²) in [5.41, 5.74) is 0.374. The van der Waals surface area contributed by atoms with Gasteiger partial charge in [-0.25, -0.2) is 4.79 Å². The zero-order valence-electron chi connectivity index (χ0n) is 10.8. The van der Waals surface area contributed by atoms with Crippen molar-refractivity contribution in [1.29, 1.82) is 0 Å². The first-order chi connectivity index (χ1) is 9.15. The Morgan fingerprint density at radius 1 is 1.26 bits per heavy atom. The molecule has 19 heavy (non-hydrogen) atoms. The summed E-state index contributed by atoms with van der Waals surface area (Å²) in [5, 5.41) is 9.62. The number of fused-ring (bicyclic) bond motifs is 1. The second-order valence-electron chi connectivity index (χ2n) is 4.50. The summed E-state index contributed by atoms with van der Waals surface area (Å²) in [7, 11) is 0. The van der Waals surface area contributed by atoms with Gasteiger partial charge in [0.25, 0.3) is 0 Å². The molecule has 2 rings (SSSR count). The van der Waals surface area contributed by atoms with Crippen LogP contribution in [-0.2, 0) is 6.42 Å². The highest BCUT2D eigenvalue weighted by atomic mass is 16.4. The Balaban J connectivity index is 2.58. The van der Waals surface area contributed by atoms with Crippen molar-refractivity contribution in [1.82, 2.24) is 0 Å². The van der Waals surface area contributed by atoms with E-state index < -0.39 is 5.97 Å². The van der Waals surface area contributed by atoms with Crippen LogP contribution in [0.2, 0.25) is 0 Å². The van der Waals surface area contributed by atoms with E-state index in [1.54, 1.807) is 24.3 Å². The van der Waals surface area contributed by atoms with Crippen molar-refractivity contribution in [3.05, 3.63) is 45.8 Å². The molecule has 0 aliphatic rings. The molecule has 1 aromatic carbocycles. The Kier molecular flexibility index (Phi) is 4.00. The molecular weight excluding hydrogens is 244 g/mol. The van der Waals surface area contributed by atoms with E-state index in [-0.39, 0.29) is 16.8 Å². The largest absolute Gasteiger partial charge is 0.475 e. The predicted molar refractivity (Wildman–Crippen MR) is 72.7 cm³/mol. The molecule has 0 unspecified atom stereocenters. The Bertz CT molecular complexity index is 655. The highest BCUT2D eigenvalue weighted by Gasteiger charge is 2.18. The summed E-state index contributed by atoms with van der Waals surface area (Å²) in [6, 6.07) is 6.73. The molecule has 0 saturated heterocycles. The van der Waals surface area contributed by atoms with Crippen molar-refractivity contribution < 1.29 is 14.3 Å². The van der Waals surface area contributed by atoms with Crippen LogP contribution in [0.1, 0.15) is 42.3 Å². The molecule has 2 aromatic rings. The van der Waals surface area contributed by atoms with Crippen molar-refractivity contribution in [2.45, 2.75) is 32.6 Å². The van der Waals surface area contributed by atoms with Crippen LogP contribution in [0.4, 0.5) is 0 Å². The third kappa shape index (κ3) is 2.67. The lowest BCUT2D eigenvalue weighted by Gasteiger charge is -2.06. The number of carbonyl (C=O) groups is 1. The first kappa shape index (κ1) is 13.3. The predicted octanol–water partition coefficient (Wildman–Crippen LogP) is 3.22. The van der Waals surface area contributed by atoms with Gasteiger partial charge in [0.15, 0.2) is 5.43 Å². The zero-order valence-corrected chi connectivity index (χ0v) is 10.8. The number of rotatable bonds is 5. The smallest absolute Gasteiger partial charge is 0.372 e. The Labute approximate surface area is 110 Å². The molecule has 1 N–H and O–H groups in total. The standard InChI is InChI=1S/C15H16O4/c1-2-3-4-8-11-13(16)10-7-5-6-9-12(10)19-14(11)15(17)18/h5-7,9H,2-4,8H2,1H3,(H,17,18). The van der Waals surface area contributed by atoms with Gasteiger partial charge in [-0.05, 0) is 25.0 Å². The lowest BCUT2D eigenvalue weighted by Crippen LogP contribution is -2.16. The van der Waals surface area contributed by atoms with Gasteiger partial charge in [-0.2, -0.15) is 0 Å². The number of para-hydroxylation sites is 1. The van der Waals surface area contributed by atoms with Gasteiger partial charge in [0, 0.05) is 0 Å². The van der Waals surface area contributed by atoms with E-state index in [1.807, 2.05) is 0 Å². The molecule has 0 amide bonds. The molecule has 0 saturated carbocycles. The highest BCUT2D eigenvalue weighted by molar-refractivity contribution is 5.89. The van der Waals surface area contributed by atoms with Crippen LogP contribution in [0.3, 0.4) is 0 Å². The molecule has 0 atom stereocenters. The molecule has 1 heterocycles. The number of carboxylic acids is 1. The van der Waals surface area contributed by atoms with E-state index in [9.17, 15) is 14.7 Å². The SMILES string of the molecule is CCCCCc1c(C(=O)O)oc2ccccc2c1=O. The van der Waals surface area contributed by atoms with Crippen molar-refractivity contribution in [3.8, 4) is 0 Å². The minimum absolute atomic E-state index is 0.222. The quantitative estimate of drug-likeness (QED) is 0.838. The highest BCUT2D eigenvalue weighted by Crippen LogP contribution is 2.17. The number of hydrogen-bond donors (Lipinski definition) is 1. The molecule has 0 radical (unpaired) electrons. The van der Waals surface area contributed by atoms with Crippen LogP contribution in [0.5, 0.6) is 0 Å². The number of benzene rings is 1. The number of carboxylic acid groups (broad SMARTS) is 1. The molecule has 100 valence electrons. The first-order valence-electron chi connectivity index (χ1n) is 6.43. The average Bonchev–Trinajstić information content (AvgIpc) is 2.41. The maximum atomic E-state index is 12.3. The van der Waals surface area contributed by atoms with E-state index in [0.29, 0.717) is 17.4 Å².